The third kappa shape index (κ3) is 2.75. The van der Waals surface area contributed by atoms with E-state index >= 15 is 0 Å². The summed E-state index contributed by atoms with van der Waals surface area (Å²) >= 11 is 0. The van der Waals surface area contributed by atoms with Crippen LogP contribution in [0, 0.1) is 0 Å². The molecule has 0 saturated carbocycles. The van der Waals surface area contributed by atoms with Gasteiger partial charge in [-0.15, -0.1) is 5.10 Å². The van der Waals surface area contributed by atoms with Gasteiger partial charge in [0.1, 0.15) is 11.4 Å². The molecule has 0 radical (unpaired) electrons. The van der Waals surface area contributed by atoms with Gasteiger partial charge < -0.3 is 15.4 Å². The lowest BCUT2D eigenvalue weighted by atomic mass is 10.2. The van der Waals surface area contributed by atoms with E-state index in [1.807, 2.05) is 24.4 Å². The summed E-state index contributed by atoms with van der Waals surface area (Å²) in [5.74, 6) is 0.944. The molecule has 6 nitrogen and oxygen atoms in total. The minimum atomic E-state index is 0.573. The van der Waals surface area contributed by atoms with E-state index in [1.54, 1.807) is 4.68 Å². The van der Waals surface area contributed by atoms with Crippen LogP contribution in [0.4, 0.5) is 5.69 Å². The Morgan fingerprint density at radius 3 is 3.10 bits per heavy atom. The fourth-order valence-corrected chi connectivity index (χ4v) is 2.41. The highest BCUT2D eigenvalue weighted by Crippen LogP contribution is 2.31. The molecule has 0 unspecified atom stereocenters. The molecule has 0 atom stereocenters. The summed E-state index contributed by atoms with van der Waals surface area (Å²) in [6.45, 7) is 3.73. The van der Waals surface area contributed by atoms with Gasteiger partial charge >= 0.3 is 0 Å². The first-order valence-corrected chi connectivity index (χ1v) is 6.92. The molecule has 106 valence electrons. The van der Waals surface area contributed by atoms with Gasteiger partial charge in [-0.25, -0.2) is 0 Å². The van der Waals surface area contributed by atoms with Crippen LogP contribution in [0.3, 0.4) is 0 Å². The van der Waals surface area contributed by atoms with Gasteiger partial charge in [0, 0.05) is 13.1 Å². The molecule has 3 rings (SSSR count). The highest BCUT2D eigenvalue weighted by molar-refractivity contribution is 5.58. The third-order valence-electron chi connectivity index (χ3n) is 3.33. The van der Waals surface area contributed by atoms with Crippen molar-refractivity contribution in [3.8, 4) is 5.75 Å². The molecule has 0 saturated heterocycles. The average molecular weight is 273 g/mol. The van der Waals surface area contributed by atoms with E-state index in [0.29, 0.717) is 13.1 Å². The Balaban J connectivity index is 1.79. The van der Waals surface area contributed by atoms with Crippen LogP contribution in [0.2, 0.25) is 0 Å². The second-order valence-corrected chi connectivity index (χ2v) is 4.85. The molecule has 0 fully saturated rings. The summed E-state index contributed by atoms with van der Waals surface area (Å²) < 4.78 is 7.55. The maximum Gasteiger partial charge on any atom is 0.142 e. The number of hydrogen-bond donors (Lipinski definition) is 1. The van der Waals surface area contributed by atoms with E-state index < -0.39 is 0 Å². The zero-order valence-corrected chi connectivity index (χ0v) is 11.4. The molecule has 20 heavy (non-hydrogen) atoms. The number of hydrogen-bond acceptors (Lipinski definition) is 5. The van der Waals surface area contributed by atoms with Crippen molar-refractivity contribution < 1.29 is 4.74 Å². The molecule has 1 aliphatic heterocycles. The van der Waals surface area contributed by atoms with Crippen LogP contribution in [0.15, 0.2) is 30.5 Å². The van der Waals surface area contributed by atoms with Crippen molar-refractivity contribution in [2.75, 3.05) is 24.6 Å². The van der Waals surface area contributed by atoms with Crippen molar-refractivity contribution in [3.63, 3.8) is 0 Å². The summed E-state index contributed by atoms with van der Waals surface area (Å²) in [6.07, 6.45) is 2.97. The lowest BCUT2D eigenvalue weighted by Gasteiger charge is -2.22. The fraction of sp³-hybridized carbons (Fsp3) is 0.429. The van der Waals surface area contributed by atoms with Gasteiger partial charge in [-0.05, 0) is 18.6 Å². The molecule has 0 aliphatic carbocycles. The van der Waals surface area contributed by atoms with Crippen LogP contribution >= 0.6 is 0 Å². The topological polar surface area (TPSA) is 69.2 Å². The predicted molar refractivity (Wildman–Crippen MR) is 76.7 cm³/mol. The maximum atomic E-state index is 5.76. The fourth-order valence-electron chi connectivity index (χ4n) is 2.41. The Labute approximate surface area is 118 Å². The highest BCUT2D eigenvalue weighted by Gasteiger charge is 2.17. The summed E-state index contributed by atoms with van der Waals surface area (Å²) in [7, 11) is 0. The minimum absolute atomic E-state index is 0.573. The molecule has 0 bridgehead atoms. The lowest BCUT2D eigenvalue weighted by Crippen LogP contribution is -2.23. The van der Waals surface area contributed by atoms with Crippen LogP contribution in [0.5, 0.6) is 5.75 Å². The number of ether oxygens (including phenoxy) is 1. The quantitative estimate of drug-likeness (QED) is 0.901. The number of fused-ring (bicyclic) bond motifs is 1. The summed E-state index contributed by atoms with van der Waals surface area (Å²) in [6, 6.07) is 8.13. The molecule has 1 aliphatic rings. The molecule has 0 spiro atoms. The van der Waals surface area contributed by atoms with E-state index in [2.05, 4.69) is 21.3 Å². The van der Waals surface area contributed by atoms with Gasteiger partial charge in [0.25, 0.3) is 0 Å². The van der Waals surface area contributed by atoms with Gasteiger partial charge in [0.05, 0.1) is 31.6 Å². The monoisotopic (exact) mass is 273 g/mol. The third-order valence-corrected chi connectivity index (χ3v) is 3.33. The Kier molecular flexibility index (Phi) is 3.83. The number of para-hydroxylation sites is 2. The number of rotatable bonds is 4. The molecule has 2 N–H and O–H groups in total. The van der Waals surface area contributed by atoms with Gasteiger partial charge in [-0.2, -0.15) is 0 Å². The average Bonchev–Trinajstić information content (AvgIpc) is 2.80. The van der Waals surface area contributed by atoms with Crippen molar-refractivity contribution in [1.82, 2.24) is 15.0 Å². The number of nitrogens with zero attached hydrogens (tertiary/aromatic N) is 4. The maximum absolute atomic E-state index is 5.76. The van der Waals surface area contributed by atoms with Crippen LogP contribution in [0.25, 0.3) is 0 Å². The van der Waals surface area contributed by atoms with Crippen molar-refractivity contribution in [2.45, 2.75) is 19.5 Å². The van der Waals surface area contributed by atoms with Crippen molar-refractivity contribution in [3.05, 3.63) is 36.2 Å². The van der Waals surface area contributed by atoms with Gasteiger partial charge in [0.15, 0.2) is 0 Å². The zero-order valence-electron chi connectivity index (χ0n) is 11.4. The second kappa shape index (κ2) is 5.92. The number of nitrogens with two attached hydrogens (primary N) is 1. The van der Waals surface area contributed by atoms with Gasteiger partial charge in [-0.1, -0.05) is 17.3 Å². The van der Waals surface area contributed by atoms with Crippen molar-refractivity contribution >= 4 is 5.69 Å². The molecule has 0 amide bonds. The number of benzene rings is 1. The molecule has 1 aromatic heterocycles. The zero-order chi connectivity index (χ0) is 13.8. The Morgan fingerprint density at radius 2 is 2.20 bits per heavy atom. The molecule has 2 heterocycles. The normalized spacial score (nSPS) is 14.6. The van der Waals surface area contributed by atoms with Crippen LogP contribution in [-0.2, 0) is 13.1 Å². The van der Waals surface area contributed by atoms with E-state index in [1.165, 1.54) is 0 Å². The van der Waals surface area contributed by atoms with E-state index in [0.717, 1.165) is 43.2 Å². The van der Waals surface area contributed by atoms with Gasteiger partial charge in [0.2, 0.25) is 0 Å². The van der Waals surface area contributed by atoms with Gasteiger partial charge in [-0.3, -0.25) is 4.68 Å². The van der Waals surface area contributed by atoms with E-state index in [-0.39, 0.29) is 0 Å². The SMILES string of the molecule is NCCn1cc(CN2CCCOc3ccccc32)nn1. The van der Waals surface area contributed by atoms with Crippen molar-refractivity contribution in [2.24, 2.45) is 5.73 Å². The summed E-state index contributed by atoms with van der Waals surface area (Å²) in [5.41, 5.74) is 7.60. The Morgan fingerprint density at radius 1 is 1.30 bits per heavy atom. The Hall–Kier alpha value is -2.08. The summed E-state index contributed by atoms with van der Waals surface area (Å²) in [4.78, 5) is 2.29. The van der Waals surface area contributed by atoms with E-state index in [4.69, 9.17) is 10.5 Å². The lowest BCUT2D eigenvalue weighted by molar-refractivity contribution is 0.322. The Bertz CT molecular complexity index is 568. The smallest absolute Gasteiger partial charge is 0.142 e. The van der Waals surface area contributed by atoms with Crippen LogP contribution in [-0.4, -0.2) is 34.7 Å². The second-order valence-electron chi connectivity index (χ2n) is 4.85. The molecule has 6 heteroatoms. The van der Waals surface area contributed by atoms with Crippen LogP contribution < -0.4 is 15.4 Å². The largest absolute Gasteiger partial charge is 0.491 e. The first-order chi connectivity index (χ1) is 9.86. The van der Waals surface area contributed by atoms with Crippen LogP contribution in [0.1, 0.15) is 12.1 Å². The number of aromatic nitrogens is 3. The first kappa shape index (κ1) is 12.9. The summed E-state index contributed by atoms with van der Waals surface area (Å²) in [5, 5.41) is 8.29. The standard InChI is InChI=1S/C14H19N5O/c15-6-8-19-11-12(16-17-19)10-18-7-3-9-20-14-5-2-1-4-13(14)18/h1-2,4-5,11H,3,6-10,15H2. The predicted octanol–water partition coefficient (Wildman–Crippen LogP) is 1.03. The van der Waals surface area contributed by atoms with Crippen molar-refractivity contribution in [1.29, 1.82) is 0 Å². The highest BCUT2D eigenvalue weighted by atomic mass is 16.5. The number of anilines is 1. The molecular weight excluding hydrogens is 254 g/mol. The molecule has 2 aromatic rings. The molecule has 1 aromatic carbocycles. The van der Waals surface area contributed by atoms with E-state index in [9.17, 15) is 0 Å². The first-order valence-electron chi connectivity index (χ1n) is 6.92. The minimum Gasteiger partial charge on any atom is -0.491 e. The molecular formula is C14H19N5O.